The average Bonchev–Trinajstić information content (AvgIpc) is 2.74. The van der Waals surface area contributed by atoms with E-state index >= 15 is 0 Å². The first kappa shape index (κ1) is 17.7. The zero-order chi connectivity index (χ0) is 15.7. The van der Waals surface area contributed by atoms with Crippen molar-refractivity contribution in [2.75, 3.05) is 31.5 Å². The summed E-state index contributed by atoms with van der Waals surface area (Å²) in [5, 5.41) is 5.93. The van der Waals surface area contributed by atoms with Gasteiger partial charge < -0.3 is 20.1 Å². The first-order chi connectivity index (χ1) is 10.4. The van der Waals surface area contributed by atoms with Gasteiger partial charge in [0.2, 0.25) is 5.91 Å². The molecule has 1 saturated heterocycles. The van der Waals surface area contributed by atoms with Crippen molar-refractivity contribution in [1.82, 2.24) is 10.2 Å². The fourth-order valence-corrected chi connectivity index (χ4v) is 2.53. The quantitative estimate of drug-likeness (QED) is 0.869. The molecule has 2 N–H and O–H groups in total. The number of carbonyl (C=O) groups is 1. The molecule has 0 bridgehead atoms. The first-order valence-electron chi connectivity index (χ1n) is 7.07. The Labute approximate surface area is 138 Å². The highest BCUT2D eigenvalue weighted by atomic mass is 35.5. The lowest BCUT2D eigenvalue weighted by atomic mass is 10.2. The highest BCUT2D eigenvalue weighted by Crippen LogP contribution is 2.42. The third kappa shape index (κ3) is 4.21. The molecule has 0 radical (unpaired) electrons. The predicted molar refractivity (Wildman–Crippen MR) is 82.4 cm³/mol. The zero-order valence-electron chi connectivity index (χ0n) is 12.5. The molecule has 6 nitrogen and oxygen atoms in total. The largest absolute Gasteiger partial charge is 0.586 e. The Hall–Kier alpha value is -1.64. The number of hydrogen-bond acceptors (Lipinski definition) is 5. The number of ether oxygens (including phenoxy) is 2. The van der Waals surface area contributed by atoms with Crippen LogP contribution in [-0.4, -0.2) is 49.3 Å². The van der Waals surface area contributed by atoms with E-state index in [2.05, 4.69) is 25.0 Å². The van der Waals surface area contributed by atoms with Gasteiger partial charge in [-0.15, -0.1) is 21.2 Å². The van der Waals surface area contributed by atoms with Crippen LogP contribution in [0, 0.1) is 0 Å². The second-order valence-electron chi connectivity index (χ2n) is 5.40. The lowest BCUT2D eigenvalue weighted by Crippen LogP contribution is -2.51. The summed E-state index contributed by atoms with van der Waals surface area (Å²) in [7, 11) is 0. The Morgan fingerprint density at radius 2 is 2.17 bits per heavy atom. The summed E-state index contributed by atoms with van der Waals surface area (Å²) in [6.45, 7) is 4.78. The fourth-order valence-electron chi connectivity index (χ4n) is 2.53. The van der Waals surface area contributed by atoms with Crippen LogP contribution in [0.25, 0.3) is 0 Å². The normalized spacial score (nSPS) is 22.3. The van der Waals surface area contributed by atoms with E-state index in [1.165, 1.54) is 18.2 Å². The van der Waals surface area contributed by atoms with Gasteiger partial charge in [-0.2, -0.15) is 0 Å². The van der Waals surface area contributed by atoms with Gasteiger partial charge in [-0.25, -0.2) is 0 Å². The van der Waals surface area contributed by atoms with Gasteiger partial charge in [0.05, 0.1) is 6.54 Å². The minimum Gasteiger partial charge on any atom is -0.395 e. The summed E-state index contributed by atoms with van der Waals surface area (Å²) in [6.07, 6.45) is -3.65. The number of fused-ring (bicyclic) bond motifs is 1. The molecule has 1 amide bonds. The number of benzene rings is 1. The van der Waals surface area contributed by atoms with Crippen molar-refractivity contribution in [2.45, 2.75) is 19.3 Å². The van der Waals surface area contributed by atoms with Crippen molar-refractivity contribution in [2.24, 2.45) is 0 Å². The van der Waals surface area contributed by atoms with E-state index in [1.807, 2.05) is 6.92 Å². The van der Waals surface area contributed by atoms with Crippen LogP contribution in [0.4, 0.5) is 14.5 Å². The third-order valence-electron chi connectivity index (χ3n) is 3.67. The van der Waals surface area contributed by atoms with Gasteiger partial charge in [0, 0.05) is 37.4 Å². The second-order valence-corrected chi connectivity index (χ2v) is 5.40. The fraction of sp³-hybridized carbons (Fsp3) is 0.500. The van der Waals surface area contributed by atoms with Crippen molar-refractivity contribution in [1.29, 1.82) is 0 Å². The maximum Gasteiger partial charge on any atom is 0.586 e. The van der Waals surface area contributed by atoms with E-state index < -0.39 is 6.29 Å². The van der Waals surface area contributed by atoms with Crippen LogP contribution in [0.1, 0.15) is 6.92 Å². The maximum atomic E-state index is 12.9. The number of hydrogen-bond donors (Lipinski definition) is 2. The van der Waals surface area contributed by atoms with E-state index in [1.54, 1.807) is 0 Å². The maximum absolute atomic E-state index is 12.9. The second kappa shape index (κ2) is 6.86. The number of nitrogens with one attached hydrogen (secondary N) is 2. The van der Waals surface area contributed by atoms with Gasteiger partial charge in [-0.05, 0) is 19.1 Å². The topological polar surface area (TPSA) is 62.8 Å². The van der Waals surface area contributed by atoms with Gasteiger partial charge in [0.15, 0.2) is 11.5 Å². The third-order valence-corrected chi connectivity index (χ3v) is 3.67. The van der Waals surface area contributed by atoms with Crippen LogP contribution in [-0.2, 0) is 4.79 Å². The smallest absolute Gasteiger partial charge is 0.395 e. The summed E-state index contributed by atoms with van der Waals surface area (Å²) < 4.78 is 34.5. The number of amides is 1. The van der Waals surface area contributed by atoms with Gasteiger partial charge in [0.1, 0.15) is 0 Å². The van der Waals surface area contributed by atoms with Crippen LogP contribution in [0.2, 0.25) is 0 Å². The van der Waals surface area contributed by atoms with Crippen LogP contribution >= 0.6 is 12.4 Å². The Bertz CT molecular complexity index is 588. The van der Waals surface area contributed by atoms with Gasteiger partial charge in [-0.1, -0.05) is 0 Å². The number of rotatable bonds is 3. The molecule has 128 valence electrons. The van der Waals surface area contributed by atoms with E-state index in [0.29, 0.717) is 5.69 Å². The van der Waals surface area contributed by atoms with Crippen molar-refractivity contribution in [3.63, 3.8) is 0 Å². The number of alkyl halides is 2. The van der Waals surface area contributed by atoms with Gasteiger partial charge in [0.25, 0.3) is 0 Å². The number of carbonyl (C=O) groups excluding carboxylic acids is 1. The van der Waals surface area contributed by atoms with Crippen LogP contribution in [0.3, 0.4) is 0 Å². The molecule has 3 rings (SSSR count). The minimum atomic E-state index is -3.65. The predicted octanol–water partition coefficient (Wildman–Crippen LogP) is 1.66. The number of piperazine rings is 1. The highest BCUT2D eigenvalue weighted by Gasteiger charge is 2.43. The van der Waals surface area contributed by atoms with Crippen molar-refractivity contribution in [3.8, 4) is 11.5 Å². The Morgan fingerprint density at radius 3 is 2.91 bits per heavy atom. The van der Waals surface area contributed by atoms with E-state index in [0.717, 1.165) is 19.6 Å². The van der Waals surface area contributed by atoms with Crippen molar-refractivity contribution < 1.29 is 23.0 Å². The number of anilines is 1. The molecule has 0 aromatic heterocycles. The molecule has 0 aliphatic carbocycles. The molecule has 0 spiro atoms. The Balaban J connectivity index is 0.00000192. The standard InChI is InChI=1S/C14H17F2N3O3.ClH/c1-9-7-17-4-5-19(9)8-13(20)18-10-2-3-11-12(6-10)22-14(15,16)21-11;/h2-3,6,9,17H,4-5,7-8H2,1H3,(H,18,20);1H/t9-;/m1./s1. The highest BCUT2D eigenvalue weighted by molar-refractivity contribution is 5.92. The molecule has 1 atom stereocenters. The summed E-state index contributed by atoms with van der Waals surface area (Å²) in [4.78, 5) is 14.1. The number of nitrogens with zero attached hydrogens (tertiary/aromatic N) is 1. The molecule has 2 aliphatic rings. The average molecular weight is 350 g/mol. The molecule has 0 saturated carbocycles. The van der Waals surface area contributed by atoms with E-state index in [4.69, 9.17) is 0 Å². The number of halogens is 3. The molecule has 0 unspecified atom stereocenters. The van der Waals surface area contributed by atoms with Crippen LogP contribution in [0.15, 0.2) is 18.2 Å². The van der Waals surface area contributed by atoms with E-state index in [-0.39, 0.29) is 42.4 Å². The SMILES string of the molecule is C[C@@H]1CNCCN1CC(=O)Nc1ccc2c(c1)OC(F)(F)O2.Cl. The zero-order valence-corrected chi connectivity index (χ0v) is 13.3. The molecule has 1 aromatic rings. The summed E-state index contributed by atoms with van der Waals surface area (Å²) in [5.41, 5.74) is 0.396. The van der Waals surface area contributed by atoms with Crippen LogP contribution in [0.5, 0.6) is 11.5 Å². The summed E-state index contributed by atoms with van der Waals surface area (Å²) in [5.74, 6) is -0.323. The molecule has 1 aromatic carbocycles. The summed E-state index contributed by atoms with van der Waals surface area (Å²) in [6, 6.07) is 4.45. The molecular formula is C14H18ClF2N3O3. The first-order valence-corrected chi connectivity index (χ1v) is 7.07. The van der Waals surface area contributed by atoms with E-state index in [9.17, 15) is 13.6 Å². The Kier molecular flexibility index (Phi) is 5.28. The van der Waals surface area contributed by atoms with Gasteiger partial charge in [-0.3, -0.25) is 9.69 Å². The van der Waals surface area contributed by atoms with Crippen molar-refractivity contribution >= 4 is 24.0 Å². The van der Waals surface area contributed by atoms with Gasteiger partial charge >= 0.3 is 6.29 Å². The Morgan fingerprint density at radius 1 is 1.43 bits per heavy atom. The lowest BCUT2D eigenvalue weighted by Gasteiger charge is -2.33. The summed E-state index contributed by atoms with van der Waals surface area (Å²) >= 11 is 0. The molecule has 2 heterocycles. The minimum absolute atomic E-state index is 0. The monoisotopic (exact) mass is 349 g/mol. The molecule has 2 aliphatic heterocycles. The molecule has 1 fully saturated rings. The van der Waals surface area contributed by atoms with Crippen LogP contribution < -0.4 is 20.1 Å². The molecule has 9 heteroatoms. The lowest BCUT2D eigenvalue weighted by molar-refractivity contribution is -0.286. The molecule has 23 heavy (non-hydrogen) atoms. The molecular weight excluding hydrogens is 332 g/mol. The van der Waals surface area contributed by atoms with Crippen molar-refractivity contribution in [3.05, 3.63) is 18.2 Å².